The second-order valence-electron chi connectivity index (χ2n) is 9.21. The van der Waals surface area contributed by atoms with Crippen molar-refractivity contribution >= 4 is 27.6 Å². The third kappa shape index (κ3) is 5.10. The quantitative estimate of drug-likeness (QED) is 0.477. The molecule has 2 aliphatic rings. The van der Waals surface area contributed by atoms with E-state index >= 15 is 0 Å². The van der Waals surface area contributed by atoms with Gasteiger partial charge in [-0.15, -0.1) is 0 Å². The average Bonchev–Trinajstić information content (AvgIpc) is 2.92. The molecule has 1 N–H and O–H groups in total. The monoisotopic (exact) mass is 520 g/mol. The standard InChI is InChI=1S/C28H28N2O6S/c1-19-13-14-20(37(33,34)30-15-7-2-8-16-30)17-23(19)29-26(31)18-35-28(32)27-21-9-3-5-11-24(21)36-25-12-6-4-10-22(25)27/h3-6,9-14,17,27H,2,7-8,15-16,18H2,1H3,(H,29,31). The Morgan fingerprint density at radius 3 is 2.22 bits per heavy atom. The van der Waals surface area contributed by atoms with Crippen LogP contribution >= 0.6 is 0 Å². The summed E-state index contributed by atoms with van der Waals surface area (Å²) in [7, 11) is -3.65. The van der Waals surface area contributed by atoms with E-state index in [1.165, 1.54) is 10.4 Å². The van der Waals surface area contributed by atoms with E-state index in [1.807, 2.05) is 24.3 Å². The van der Waals surface area contributed by atoms with Crippen molar-refractivity contribution in [3.8, 4) is 11.5 Å². The van der Waals surface area contributed by atoms with Gasteiger partial charge in [0.2, 0.25) is 10.0 Å². The number of esters is 1. The number of ether oxygens (including phenoxy) is 2. The van der Waals surface area contributed by atoms with Crippen LogP contribution in [0.25, 0.3) is 0 Å². The van der Waals surface area contributed by atoms with Crippen LogP contribution in [-0.4, -0.2) is 44.3 Å². The number of rotatable bonds is 6. The van der Waals surface area contributed by atoms with E-state index in [9.17, 15) is 18.0 Å². The summed E-state index contributed by atoms with van der Waals surface area (Å²) in [5.41, 5.74) is 2.39. The number of benzene rings is 3. The van der Waals surface area contributed by atoms with E-state index in [-0.39, 0.29) is 4.90 Å². The molecule has 3 aromatic carbocycles. The maximum Gasteiger partial charge on any atom is 0.318 e. The van der Waals surface area contributed by atoms with Gasteiger partial charge in [-0.3, -0.25) is 9.59 Å². The van der Waals surface area contributed by atoms with Crippen LogP contribution in [0.4, 0.5) is 5.69 Å². The maximum absolute atomic E-state index is 13.2. The van der Waals surface area contributed by atoms with Crippen LogP contribution in [0.1, 0.15) is 41.9 Å². The summed E-state index contributed by atoms with van der Waals surface area (Å²) in [6.07, 6.45) is 2.69. The van der Waals surface area contributed by atoms with Crippen molar-refractivity contribution in [1.82, 2.24) is 4.31 Å². The molecule has 0 atom stereocenters. The molecule has 0 bridgehead atoms. The molecule has 5 rings (SSSR count). The van der Waals surface area contributed by atoms with Crippen LogP contribution < -0.4 is 10.1 Å². The molecule has 3 aromatic rings. The SMILES string of the molecule is Cc1ccc(S(=O)(=O)N2CCCCC2)cc1NC(=O)COC(=O)C1c2ccccc2Oc2ccccc21. The van der Waals surface area contributed by atoms with Crippen molar-refractivity contribution in [2.45, 2.75) is 37.0 Å². The van der Waals surface area contributed by atoms with E-state index in [4.69, 9.17) is 9.47 Å². The van der Waals surface area contributed by atoms with Crippen molar-refractivity contribution in [1.29, 1.82) is 0 Å². The number of nitrogens with one attached hydrogen (secondary N) is 1. The summed E-state index contributed by atoms with van der Waals surface area (Å²) in [6.45, 7) is 2.25. The number of fused-ring (bicyclic) bond motifs is 2. The summed E-state index contributed by atoms with van der Waals surface area (Å²) in [6, 6.07) is 19.1. The molecule has 0 saturated carbocycles. The first kappa shape index (κ1) is 25.0. The number of nitrogens with zero attached hydrogens (tertiary/aromatic N) is 1. The number of carbonyl (C=O) groups excluding carboxylic acids is 2. The lowest BCUT2D eigenvalue weighted by molar-refractivity contribution is -0.148. The molecule has 0 aliphatic carbocycles. The predicted octanol–water partition coefficient (Wildman–Crippen LogP) is 4.59. The van der Waals surface area contributed by atoms with E-state index in [1.54, 1.807) is 43.3 Å². The molecule has 2 heterocycles. The second-order valence-corrected chi connectivity index (χ2v) is 11.1. The molecular formula is C28H28N2O6S. The van der Waals surface area contributed by atoms with Crippen molar-refractivity contribution in [2.24, 2.45) is 0 Å². The molecule has 192 valence electrons. The van der Waals surface area contributed by atoms with Gasteiger partial charge in [-0.1, -0.05) is 48.9 Å². The Kier molecular flexibility index (Phi) is 6.99. The first-order valence-corrected chi connectivity index (χ1v) is 13.7. The van der Waals surface area contributed by atoms with Crippen LogP contribution in [0, 0.1) is 6.92 Å². The fourth-order valence-corrected chi connectivity index (χ4v) is 6.26. The minimum Gasteiger partial charge on any atom is -0.457 e. The maximum atomic E-state index is 13.2. The average molecular weight is 521 g/mol. The van der Waals surface area contributed by atoms with Crippen LogP contribution in [0.3, 0.4) is 0 Å². The highest BCUT2D eigenvalue weighted by molar-refractivity contribution is 7.89. The van der Waals surface area contributed by atoms with E-state index in [2.05, 4.69) is 5.32 Å². The predicted molar refractivity (Wildman–Crippen MR) is 138 cm³/mol. The second kappa shape index (κ2) is 10.4. The number of hydrogen-bond donors (Lipinski definition) is 1. The van der Waals surface area contributed by atoms with Gasteiger partial charge in [-0.05, 0) is 49.6 Å². The molecule has 37 heavy (non-hydrogen) atoms. The molecule has 0 spiro atoms. The van der Waals surface area contributed by atoms with Crippen LogP contribution in [-0.2, 0) is 24.3 Å². The largest absolute Gasteiger partial charge is 0.457 e. The lowest BCUT2D eigenvalue weighted by Crippen LogP contribution is -2.35. The number of para-hydroxylation sites is 2. The Bertz CT molecular complexity index is 1400. The van der Waals surface area contributed by atoms with E-state index in [0.717, 1.165) is 19.3 Å². The highest BCUT2D eigenvalue weighted by Crippen LogP contribution is 2.44. The lowest BCUT2D eigenvalue weighted by Gasteiger charge is -2.26. The van der Waals surface area contributed by atoms with Gasteiger partial charge in [0.15, 0.2) is 6.61 Å². The van der Waals surface area contributed by atoms with E-state index in [0.29, 0.717) is 47.0 Å². The Morgan fingerprint density at radius 1 is 0.946 bits per heavy atom. The third-order valence-corrected chi connectivity index (χ3v) is 8.59. The molecule has 0 radical (unpaired) electrons. The number of hydrogen-bond acceptors (Lipinski definition) is 6. The molecule has 1 amide bonds. The molecule has 2 aliphatic heterocycles. The first-order chi connectivity index (χ1) is 17.8. The summed E-state index contributed by atoms with van der Waals surface area (Å²) in [4.78, 5) is 26.0. The highest BCUT2D eigenvalue weighted by atomic mass is 32.2. The number of sulfonamides is 1. The van der Waals surface area contributed by atoms with Crippen molar-refractivity contribution < 1.29 is 27.5 Å². The zero-order chi connectivity index (χ0) is 26.0. The Morgan fingerprint density at radius 2 is 1.57 bits per heavy atom. The molecule has 0 aromatic heterocycles. The number of aryl methyl sites for hydroxylation is 1. The minimum absolute atomic E-state index is 0.128. The summed E-state index contributed by atoms with van der Waals surface area (Å²) in [5, 5.41) is 2.70. The Hall–Kier alpha value is -3.69. The fourth-order valence-electron chi connectivity index (χ4n) is 4.72. The third-order valence-electron chi connectivity index (χ3n) is 6.70. The summed E-state index contributed by atoms with van der Waals surface area (Å²) < 4.78 is 39.0. The molecule has 9 heteroatoms. The fraction of sp³-hybridized carbons (Fsp3) is 0.286. The van der Waals surface area contributed by atoms with E-state index < -0.39 is 34.4 Å². The van der Waals surface area contributed by atoms with Crippen molar-refractivity contribution in [3.63, 3.8) is 0 Å². The molecular weight excluding hydrogens is 492 g/mol. The van der Waals surface area contributed by atoms with Crippen molar-refractivity contribution in [3.05, 3.63) is 83.4 Å². The zero-order valence-electron chi connectivity index (χ0n) is 20.5. The van der Waals surface area contributed by atoms with Gasteiger partial charge in [-0.2, -0.15) is 4.31 Å². The van der Waals surface area contributed by atoms with Crippen LogP contribution in [0.5, 0.6) is 11.5 Å². The number of anilines is 1. The molecule has 1 saturated heterocycles. The summed E-state index contributed by atoms with van der Waals surface area (Å²) >= 11 is 0. The minimum atomic E-state index is -3.65. The molecule has 0 unspecified atom stereocenters. The Labute approximate surface area is 216 Å². The summed E-state index contributed by atoms with van der Waals surface area (Å²) in [5.74, 6) is -0.729. The normalized spacial score (nSPS) is 15.7. The van der Waals surface area contributed by atoms with Crippen molar-refractivity contribution in [2.75, 3.05) is 25.0 Å². The number of carbonyl (C=O) groups is 2. The number of piperidine rings is 1. The molecule has 8 nitrogen and oxygen atoms in total. The zero-order valence-corrected chi connectivity index (χ0v) is 21.3. The lowest BCUT2D eigenvalue weighted by atomic mass is 9.88. The van der Waals surface area contributed by atoms with Gasteiger partial charge in [-0.25, -0.2) is 8.42 Å². The van der Waals surface area contributed by atoms with Crippen LogP contribution in [0.2, 0.25) is 0 Å². The topological polar surface area (TPSA) is 102 Å². The van der Waals surface area contributed by atoms with Gasteiger partial charge in [0, 0.05) is 29.9 Å². The van der Waals surface area contributed by atoms with Gasteiger partial charge < -0.3 is 14.8 Å². The number of amides is 1. The molecule has 1 fully saturated rings. The first-order valence-electron chi connectivity index (χ1n) is 12.3. The smallest absolute Gasteiger partial charge is 0.318 e. The van der Waals surface area contributed by atoms with Gasteiger partial charge in [0.05, 0.1) is 4.90 Å². The van der Waals surface area contributed by atoms with Gasteiger partial charge in [0.25, 0.3) is 5.91 Å². The van der Waals surface area contributed by atoms with Gasteiger partial charge in [0.1, 0.15) is 17.4 Å². The Balaban J connectivity index is 1.29. The highest BCUT2D eigenvalue weighted by Gasteiger charge is 2.34. The van der Waals surface area contributed by atoms with Gasteiger partial charge >= 0.3 is 5.97 Å². The van der Waals surface area contributed by atoms with Crippen LogP contribution in [0.15, 0.2) is 71.6 Å².